The van der Waals surface area contributed by atoms with Crippen LogP contribution in [0, 0.1) is 6.92 Å². The molecule has 0 saturated heterocycles. The Kier molecular flexibility index (Phi) is 6.07. The first-order valence-electron chi connectivity index (χ1n) is 8.17. The van der Waals surface area contributed by atoms with E-state index in [2.05, 4.69) is 44.3 Å². The van der Waals surface area contributed by atoms with Gasteiger partial charge in [0.15, 0.2) is 0 Å². The van der Waals surface area contributed by atoms with E-state index in [1.165, 1.54) is 17.5 Å². The third-order valence-electron chi connectivity index (χ3n) is 4.41. The van der Waals surface area contributed by atoms with Gasteiger partial charge in [-0.1, -0.05) is 19.1 Å². The normalized spacial score (nSPS) is 23.8. The van der Waals surface area contributed by atoms with E-state index in [4.69, 9.17) is 9.47 Å². The Morgan fingerprint density at radius 2 is 2.05 bits per heavy atom. The second-order valence-electron chi connectivity index (χ2n) is 6.07. The minimum Gasteiger partial charge on any atom is -0.490 e. The average Bonchev–Trinajstić information content (AvgIpc) is 2.49. The van der Waals surface area contributed by atoms with Crippen molar-refractivity contribution in [1.82, 2.24) is 5.32 Å². The molecule has 1 N–H and O–H groups in total. The van der Waals surface area contributed by atoms with Gasteiger partial charge in [-0.2, -0.15) is 0 Å². The molecule has 0 radical (unpaired) electrons. The Morgan fingerprint density at radius 1 is 1.29 bits per heavy atom. The summed E-state index contributed by atoms with van der Waals surface area (Å²) < 4.78 is 11.7. The monoisotopic (exact) mass is 291 g/mol. The average molecular weight is 291 g/mol. The molecule has 0 bridgehead atoms. The van der Waals surface area contributed by atoms with Crippen LogP contribution in [-0.4, -0.2) is 25.9 Å². The van der Waals surface area contributed by atoms with Crippen LogP contribution in [0.1, 0.15) is 56.7 Å². The molecule has 118 valence electrons. The van der Waals surface area contributed by atoms with E-state index in [1.807, 2.05) is 0 Å². The smallest absolute Gasteiger partial charge is 0.122 e. The predicted molar refractivity (Wildman–Crippen MR) is 87.0 cm³/mol. The Balaban J connectivity index is 2.00. The second-order valence-corrected chi connectivity index (χ2v) is 6.07. The maximum Gasteiger partial charge on any atom is 0.122 e. The Hall–Kier alpha value is -1.06. The fourth-order valence-corrected chi connectivity index (χ4v) is 3.10. The molecule has 1 aliphatic rings. The van der Waals surface area contributed by atoms with Gasteiger partial charge >= 0.3 is 0 Å². The lowest BCUT2D eigenvalue weighted by Gasteiger charge is -2.29. The van der Waals surface area contributed by atoms with Crippen LogP contribution < -0.4 is 10.1 Å². The minimum absolute atomic E-state index is 0.291. The summed E-state index contributed by atoms with van der Waals surface area (Å²) in [6.45, 7) is 7.45. The van der Waals surface area contributed by atoms with Crippen LogP contribution in [-0.2, 0) is 4.74 Å². The maximum atomic E-state index is 6.21. The highest BCUT2D eigenvalue weighted by molar-refractivity contribution is 5.37. The van der Waals surface area contributed by atoms with Crippen LogP contribution in [0.15, 0.2) is 18.2 Å². The largest absolute Gasteiger partial charge is 0.490 e. The molecular formula is C18H29NO2. The third kappa shape index (κ3) is 4.45. The molecule has 0 aliphatic heterocycles. The highest BCUT2D eigenvalue weighted by atomic mass is 16.5. The number of hydrogen-bond donors (Lipinski definition) is 1. The molecule has 2 rings (SSSR count). The third-order valence-corrected chi connectivity index (χ3v) is 4.41. The highest BCUT2D eigenvalue weighted by Crippen LogP contribution is 2.28. The number of methoxy groups -OCH3 is 1. The molecule has 1 aliphatic carbocycles. The molecule has 0 aromatic heterocycles. The van der Waals surface area contributed by atoms with Gasteiger partial charge in [0.1, 0.15) is 11.9 Å². The van der Waals surface area contributed by atoms with Gasteiger partial charge in [-0.15, -0.1) is 0 Å². The van der Waals surface area contributed by atoms with Crippen molar-refractivity contribution in [3.8, 4) is 5.75 Å². The SMILES string of the molecule is CCNC(C)c1ccc(OC2CCCC(OC)C2)c(C)c1. The summed E-state index contributed by atoms with van der Waals surface area (Å²) in [5, 5.41) is 3.45. The number of nitrogens with one attached hydrogen (secondary N) is 1. The summed E-state index contributed by atoms with van der Waals surface area (Å²) in [5.41, 5.74) is 2.54. The number of rotatable bonds is 6. The van der Waals surface area contributed by atoms with Crippen molar-refractivity contribution < 1.29 is 9.47 Å². The molecule has 1 aromatic rings. The zero-order valence-corrected chi connectivity index (χ0v) is 13.8. The summed E-state index contributed by atoms with van der Waals surface area (Å²) >= 11 is 0. The highest BCUT2D eigenvalue weighted by Gasteiger charge is 2.23. The predicted octanol–water partition coefficient (Wildman–Crippen LogP) is 4.00. The van der Waals surface area contributed by atoms with Gasteiger partial charge in [0, 0.05) is 19.6 Å². The molecule has 3 unspecified atom stereocenters. The fourth-order valence-electron chi connectivity index (χ4n) is 3.10. The summed E-state index contributed by atoms with van der Waals surface area (Å²) in [6.07, 6.45) is 5.14. The minimum atomic E-state index is 0.291. The lowest BCUT2D eigenvalue weighted by Crippen LogP contribution is -2.29. The summed E-state index contributed by atoms with van der Waals surface area (Å²) in [5.74, 6) is 1.02. The van der Waals surface area contributed by atoms with E-state index in [1.54, 1.807) is 7.11 Å². The van der Waals surface area contributed by atoms with Crippen LogP contribution in [0.3, 0.4) is 0 Å². The zero-order chi connectivity index (χ0) is 15.2. The van der Waals surface area contributed by atoms with E-state index in [9.17, 15) is 0 Å². The molecular weight excluding hydrogens is 262 g/mol. The van der Waals surface area contributed by atoms with Crippen LogP contribution in [0.5, 0.6) is 5.75 Å². The van der Waals surface area contributed by atoms with Crippen molar-refractivity contribution in [2.45, 2.75) is 64.7 Å². The van der Waals surface area contributed by atoms with Gasteiger partial charge in [-0.3, -0.25) is 0 Å². The first-order valence-corrected chi connectivity index (χ1v) is 8.17. The van der Waals surface area contributed by atoms with E-state index >= 15 is 0 Å². The first kappa shape index (κ1) is 16.3. The van der Waals surface area contributed by atoms with Gasteiger partial charge in [0.2, 0.25) is 0 Å². The molecule has 3 nitrogen and oxygen atoms in total. The summed E-state index contributed by atoms with van der Waals surface area (Å²) in [4.78, 5) is 0. The van der Waals surface area contributed by atoms with Crippen molar-refractivity contribution in [3.63, 3.8) is 0 Å². The molecule has 1 aromatic carbocycles. The first-order chi connectivity index (χ1) is 10.1. The number of hydrogen-bond acceptors (Lipinski definition) is 3. The van der Waals surface area contributed by atoms with Gasteiger partial charge in [0.05, 0.1) is 6.10 Å². The Morgan fingerprint density at radius 3 is 2.71 bits per heavy atom. The van der Waals surface area contributed by atoms with Gasteiger partial charge in [0.25, 0.3) is 0 Å². The van der Waals surface area contributed by atoms with Gasteiger partial charge in [-0.25, -0.2) is 0 Å². The standard InChI is InChI=1S/C18H29NO2/c1-5-19-14(3)15-9-10-18(13(2)11-15)21-17-8-6-7-16(12-17)20-4/h9-11,14,16-17,19H,5-8,12H2,1-4H3. The van der Waals surface area contributed by atoms with Gasteiger partial charge < -0.3 is 14.8 Å². The molecule has 3 atom stereocenters. The molecule has 21 heavy (non-hydrogen) atoms. The van der Waals surface area contributed by atoms with E-state index in [0.717, 1.165) is 31.6 Å². The summed E-state index contributed by atoms with van der Waals surface area (Å²) in [7, 11) is 1.80. The van der Waals surface area contributed by atoms with Crippen molar-refractivity contribution in [2.24, 2.45) is 0 Å². The quantitative estimate of drug-likeness (QED) is 0.859. The fraction of sp³-hybridized carbons (Fsp3) is 0.667. The molecule has 1 fully saturated rings. The molecule has 0 spiro atoms. The van der Waals surface area contributed by atoms with Crippen LogP contribution in [0.4, 0.5) is 0 Å². The zero-order valence-electron chi connectivity index (χ0n) is 13.8. The number of ether oxygens (including phenoxy) is 2. The number of benzene rings is 1. The number of aryl methyl sites for hydroxylation is 1. The Bertz CT molecular complexity index is 447. The van der Waals surface area contributed by atoms with Crippen molar-refractivity contribution in [1.29, 1.82) is 0 Å². The van der Waals surface area contributed by atoms with E-state index in [-0.39, 0.29) is 0 Å². The maximum absolute atomic E-state index is 6.21. The summed E-state index contributed by atoms with van der Waals surface area (Å²) in [6, 6.07) is 6.91. The topological polar surface area (TPSA) is 30.5 Å². The van der Waals surface area contributed by atoms with Crippen molar-refractivity contribution in [3.05, 3.63) is 29.3 Å². The lowest BCUT2D eigenvalue weighted by molar-refractivity contribution is 0.0207. The van der Waals surface area contributed by atoms with Crippen molar-refractivity contribution >= 4 is 0 Å². The second kappa shape index (κ2) is 7.81. The molecule has 3 heteroatoms. The molecule has 0 heterocycles. The Labute approximate surface area is 129 Å². The van der Waals surface area contributed by atoms with E-state index in [0.29, 0.717) is 18.2 Å². The lowest BCUT2D eigenvalue weighted by atomic mass is 9.94. The van der Waals surface area contributed by atoms with Gasteiger partial charge in [-0.05, 0) is 56.8 Å². The van der Waals surface area contributed by atoms with Crippen LogP contribution in [0.25, 0.3) is 0 Å². The molecule has 0 amide bonds. The van der Waals surface area contributed by atoms with E-state index < -0.39 is 0 Å². The van der Waals surface area contributed by atoms with Crippen LogP contribution >= 0.6 is 0 Å². The molecule has 1 saturated carbocycles. The van der Waals surface area contributed by atoms with Crippen molar-refractivity contribution in [2.75, 3.05) is 13.7 Å². The van der Waals surface area contributed by atoms with Crippen LogP contribution in [0.2, 0.25) is 0 Å².